The maximum Gasteiger partial charge on any atom is 0.344 e. The normalized spacial score (nSPS) is 11.5. The number of esters is 1. The fraction of sp³-hybridized carbons (Fsp3) is 0.300. The van der Waals surface area contributed by atoms with E-state index in [0.29, 0.717) is 29.0 Å². The summed E-state index contributed by atoms with van der Waals surface area (Å²) >= 11 is 0. The van der Waals surface area contributed by atoms with Crippen molar-refractivity contribution in [3.63, 3.8) is 0 Å². The maximum absolute atomic E-state index is 12.7. The molecule has 0 spiro atoms. The quantitative estimate of drug-likeness (QED) is 0.518. The van der Waals surface area contributed by atoms with Gasteiger partial charge in [0, 0.05) is 25.5 Å². The van der Waals surface area contributed by atoms with Gasteiger partial charge in [-0.05, 0) is 32.4 Å². The lowest BCUT2D eigenvalue weighted by Crippen LogP contribution is -2.14. The van der Waals surface area contributed by atoms with Crippen LogP contribution in [0.5, 0.6) is 0 Å². The molecule has 4 aromatic rings. The first-order chi connectivity index (χ1) is 13.5. The first-order valence-electron chi connectivity index (χ1n) is 9.25. The highest BCUT2D eigenvalue weighted by atomic mass is 16.5. The van der Waals surface area contributed by atoms with Gasteiger partial charge in [-0.3, -0.25) is 0 Å². The zero-order valence-corrected chi connectivity index (χ0v) is 15.9. The molecule has 28 heavy (non-hydrogen) atoms. The summed E-state index contributed by atoms with van der Waals surface area (Å²) in [6.45, 7) is 4.99. The number of aryl methyl sites for hydroxylation is 2. The second kappa shape index (κ2) is 7.30. The van der Waals surface area contributed by atoms with Crippen LogP contribution < -0.4 is 5.73 Å². The molecule has 0 unspecified atom stereocenters. The lowest BCUT2D eigenvalue weighted by Gasteiger charge is -2.09. The van der Waals surface area contributed by atoms with Crippen LogP contribution >= 0.6 is 0 Å². The molecular weight excluding hydrogens is 356 g/mol. The number of fused-ring (bicyclic) bond motifs is 2. The fourth-order valence-corrected chi connectivity index (χ4v) is 3.25. The summed E-state index contributed by atoms with van der Waals surface area (Å²) in [6.07, 6.45) is 5.99. The van der Waals surface area contributed by atoms with E-state index in [0.717, 1.165) is 18.5 Å². The highest BCUT2D eigenvalue weighted by molar-refractivity contribution is 6.08. The van der Waals surface area contributed by atoms with Crippen molar-refractivity contribution in [3.8, 4) is 0 Å². The number of benzene rings is 1. The molecule has 8 heteroatoms. The second-order valence-corrected chi connectivity index (χ2v) is 6.90. The third-order valence-corrected chi connectivity index (χ3v) is 4.50. The minimum Gasteiger partial charge on any atom is -0.459 e. The Balaban J connectivity index is 1.79. The molecule has 2 N–H and O–H groups in total. The van der Waals surface area contributed by atoms with Crippen LogP contribution in [0.25, 0.3) is 22.2 Å². The third-order valence-electron chi connectivity index (χ3n) is 4.50. The van der Waals surface area contributed by atoms with E-state index in [2.05, 4.69) is 9.97 Å². The second-order valence-electron chi connectivity index (χ2n) is 6.90. The predicted molar refractivity (Wildman–Crippen MR) is 107 cm³/mol. The van der Waals surface area contributed by atoms with Gasteiger partial charge < -0.3 is 19.6 Å². The van der Waals surface area contributed by atoms with Crippen LogP contribution in [0.4, 0.5) is 5.82 Å². The van der Waals surface area contributed by atoms with Crippen molar-refractivity contribution in [3.05, 3.63) is 48.5 Å². The Morgan fingerprint density at radius 1 is 1.18 bits per heavy atom. The predicted octanol–water partition coefficient (Wildman–Crippen LogP) is 3.02. The number of nitrogen functional groups attached to an aromatic ring is 1. The van der Waals surface area contributed by atoms with Crippen LogP contribution in [0, 0.1) is 0 Å². The molecule has 0 aliphatic carbocycles. The molecule has 0 fully saturated rings. The Hall–Kier alpha value is -3.42. The maximum atomic E-state index is 12.7. The van der Waals surface area contributed by atoms with Crippen LogP contribution in [0.2, 0.25) is 0 Å². The summed E-state index contributed by atoms with van der Waals surface area (Å²) in [5.74, 6) is -0.142. The summed E-state index contributed by atoms with van der Waals surface area (Å²) in [5, 5.41) is 0. The van der Waals surface area contributed by atoms with E-state index in [4.69, 9.17) is 15.5 Å². The van der Waals surface area contributed by atoms with E-state index in [9.17, 15) is 4.79 Å². The Morgan fingerprint density at radius 3 is 2.61 bits per heavy atom. The molecule has 0 radical (unpaired) electrons. The zero-order valence-electron chi connectivity index (χ0n) is 15.9. The lowest BCUT2D eigenvalue weighted by atomic mass is 10.2. The molecule has 8 nitrogen and oxygen atoms in total. The number of hydrogen-bond acceptors (Lipinski definition) is 6. The number of nitrogens with two attached hydrogens (primary N) is 1. The van der Waals surface area contributed by atoms with Crippen molar-refractivity contribution in [2.75, 3.05) is 5.73 Å². The fourth-order valence-electron chi connectivity index (χ4n) is 3.25. The SMILES string of the molecule is CC(C)OC(=O)c1c(N)n(CCCn2ccnc2)c2nc3ccccc3nc12. The van der Waals surface area contributed by atoms with Gasteiger partial charge in [-0.2, -0.15) is 0 Å². The summed E-state index contributed by atoms with van der Waals surface area (Å²) < 4.78 is 9.25. The van der Waals surface area contributed by atoms with Gasteiger partial charge >= 0.3 is 5.97 Å². The first-order valence-corrected chi connectivity index (χ1v) is 9.25. The molecule has 0 atom stereocenters. The van der Waals surface area contributed by atoms with E-state index in [1.807, 2.05) is 39.6 Å². The highest BCUT2D eigenvalue weighted by Crippen LogP contribution is 2.29. The molecule has 0 amide bonds. The van der Waals surface area contributed by atoms with Gasteiger partial charge in [0.15, 0.2) is 5.65 Å². The monoisotopic (exact) mass is 378 g/mol. The zero-order chi connectivity index (χ0) is 19.7. The van der Waals surface area contributed by atoms with Gasteiger partial charge in [-0.25, -0.2) is 19.7 Å². The molecule has 1 aromatic carbocycles. The number of para-hydroxylation sites is 2. The van der Waals surface area contributed by atoms with Crippen molar-refractivity contribution in [2.24, 2.45) is 0 Å². The van der Waals surface area contributed by atoms with Gasteiger partial charge in [-0.1, -0.05) is 12.1 Å². The van der Waals surface area contributed by atoms with Crippen molar-refractivity contribution >= 4 is 34.0 Å². The molecule has 0 saturated heterocycles. The minimum absolute atomic E-state index is 0.250. The van der Waals surface area contributed by atoms with Crippen LogP contribution in [0.15, 0.2) is 43.0 Å². The standard InChI is InChI=1S/C20H22N6O2/c1-13(2)28-20(27)16-17-19(24-15-7-4-3-6-14(15)23-17)26(18(16)21)10-5-9-25-11-8-22-12-25/h3-4,6-8,11-13H,5,9-10,21H2,1-2H3. The summed E-state index contributed by atoms with van der Waals surface area (Å²) in [7, 11) is 0. The van der Waals surface area contributed by atoms with Gasteiger partial charge in [0.05, 0.1) is 23.5 Å². The molecule has 144 valence electrons. The first kappa shape index (κ1) is 18.0. The van der Waals surface area contributed by atoms with Crippen molar-refractivity contribution in [1.82, 2.24) is 24.1 Å². The van der Waals surface area contributed by atoms with Gasteiger partial charge in [0.25, 0.3) is 0 Å². The molecule has 0 aliphatic rings. The van der Waals surface area contributed by atoms with Gasteiger partial charge in [-0.15, -0.1) is 0 Å². The lowest BCUT2D eigenvalue weighted by molar-refractivity contribution is 0.0381. The molecule has 3 heterocycles. The average molecular weight is 378 g/mol. The minimum atomic E-state index is -0.476. The number of aromatic nitrogens is 5. The number of anilines is 1. The van der Waals surface area contributed by atoms with Crippen LogP contribution in [0.1, 0.15) is 30.6 Å². The van der Waals surface area contributed by atoms with Crippen LogP contribution in [-0.2, 0) is 17.8 Å². The van der Waals surface area contributed by atoms with E-state index in [1.165, 1.54) is 0 Å². The van der Waals surface area contributed by atoms with E-state index in [-0.39, 0.29) is 11.7 Å². The van der Waals surface area contributed by atoms with Crippen molar-refractivity contribution in [1.29, 1.82) is 0 Å². The number of ether oxygens (including phenoxy) is 1. The highest BCUT2D eigenvalue weighted by Gasteiger charge is 2.25. The molecule has 0 bridgehead atoms. The van der Waals surface area contributed by atoms with Crippen molar-refractivity contribution < 1.29 is 9.53 Å². The number of carbonyl (C=O) groups excluding carboxylic acids is 1. The summed E-state index contributed by atoms with van der Waals surface area (Å²) in [4.78, 5) is 26.2. The Labute approximate surface area is 162 Å². The Bertz CT molecular complexity index is 1130. The number of carbonyl (C=O) groups is 1. The molecule has 3 aromatic heterocycles. The summed E-state index contributed by atoms with van der Waals surface area (Å²) in [6, 6.07) is 7.56. The molecule has 4 rings (SSSR count). The van der Waals surface area contributed by atoms with Crippen molar-refractivity contribution in [2.45, 2.75) is 39.5 Å². The third kappa shape index (κ3) is 3.28. The number of rotatable bonds is 6. The number of hydrogen-bond donors (Lipinski definition) is 1. The smallest absolute Gasteiger partial charge is 0.344 e. The van der Waals surface area contributed by atoms with Crippen LogP contribution in [0.3, 0.4) is 0 Å². The van der Waals surface area contributed by atoms with E-state index >= 15 is 0 Å². The summed E-state index contributed by atoms with van der Waals surface area (Å²) in [5.41, 5.74) is 9.20. The van der Waals surface area contributed by atoms with Gasteiger partial charge in [0.2, 0.25) is 0 Å². The van der Waals surface area contributed by atoms with Gasteiger partial charge in [0.1, 0.15) is 16.9 Å². The van der Waals surface area contributed by atoms with E-state index < -0.39 is 5.97 Å². The molecule has 0 aliphatic heterocycles. The largest absolute Gasteiger partial charge is 0.459 e. The van der Waals surface area contributed by atoms with E-state index in [1.54, 1.807) is 26.4 Å². The number of imidazole rings is 1. The Morgan fingerprint density at radius 2 is 1.93 bits per heavy atom. The molecule has 0 saturated carbocycles. The topological polar surface area (TPSA) is 101 Å². The average Bonchev–Trinajstić information content (AvgIpc) is 3.26. The van der Waals surface area contributed by atoms with Crippen LogP contribution in [-0.4, -0.2) is 36.2 Å². The molecular formula is C20H22N6O2. The number of nitrogens with zero attached hydrogens (tertiary/aromatic N) is 5. The Kier molecular flexibility index (Phi) is 4.68.